The quantitative estimate of drug-likeness (QED) is 0.297. The van der Waals surface area contributed by atoms with Crippen molar-refractivity contribution in [3.05, 3.63) is 116 Å². The van der Waals surface area contributed by atoms with Crippen LogP contribution >= 0.6 is 11.3 Å². The maximum Gasteiger partial charge on any atom is 0.271 e. The molecule has 0 spiro atoms. The number of hydrogen-bond donors (Lipinski definition) is 1. The summed E-state index contributed by atoms with van der Waals surface area (Å²) in [5.74, 6) is 0.150. The molecule has 2 heterocycles. The van der Waals surface area contributed by atoms with Crippen LogP contribution in [-0.2, 0) is 24.4 Å². The molecule has 4 aromatic rings. The number of aromatic nitrogens is 1. The number of fused-ring (bicyclic) bond motifs is 1. The van der Waals surface area contributed by atoms with Gasteiger partial charge in [-0.25, -0.2) is 9.37 Å². The number of rotatable bonds is 8. The first kappa shape index (κ1) is 26.6. The fraction of sp³-hybridized carbons (Fsp3) is 0.258. The third kappa shape index (κ3) is 6.17. The van der Waals surface area contributed by atoms with E-state index in [4.69, 9.17) is 4.74 Å². The molecule has 1 atom stereocenters. The molecule has 0 saturated heterocycles. The second kappa shape index (κ2) is 11.8. The summed E-state index contributed by atoms with van der Waals surface area (Å²) in [5, 5.41) is 5.13. The van der Waals surface area contributed by atoms with Gasteiger partial charge in [-0.05, 0) is 59.9 Å². The van der Waals surface area contributed by atoms with Crippen molar-refractivity contribution in [1.29, 1.82) is 0 Å². The summed E-state index contributed by atoms with van der Waals surface area (Å²) >= 11 is 1.35. The number of thiazole rings is 1. The number of carbonyl (C=O) groups is 2. The molecule has 1 N–H and O–H groups in total. The van der Waals surface area contributed by atoms with E-state index >= 15 is 0 Å². The highest BCUT2D eigenvalue weighted by Crippen LogP contribution is 2.37. The summed E-state index contributed by atoms with van der Waals surface area (Å²) in [5.41, 5.74) is 5.51. The Morgan fingerprint density at radius 3 is 2.72 bits per heavy atom. The monoisotopic (exact) mass is 543 g/mol. The first-order valence-corrected chi connectivity index (χ1v) is 13.9. The number of benzene rings is 3. The second-order valence-corrected chi connectivity index (χ2v) is 10.5. The largest absolute Gasteiger partial charge is 0.486 e. The van der Waals surface area contributed by atoms with Crippen molar-refractivity contribution in [2.24, 2.45) is 0 Å². The fourth-order valence-corrected chi connectivity index (χ4v) is 5.49. The van der Waals surface area contributed by atoms with E-state index in [9.17, 15) is 14.0 Å². The van der Waals surface area contributed by atoms with E-state index < -0.39 is 0 Å². The van der Waals surface area contributed by atoms with Gasteiger partial charge in [-0.1, -0.05) is 55.0 Å². The molecule has 1 aliphatic rings. The van der Waals surface area contributed by atoms with Gasteiger partial charge in [-0.15, -0.1) is 11.3 Å². The number of aryl methyl sites for hydroxylation is 1. The summed E-state index contributed by atoms with van der Waals surface area (Å²) in [6, 6.07) is 20.3. The molecule has 3 aromatic carbocycles. The smallest absolute Gasteiger partial charge is 0.271 e. The average Bonchev–Trinajstić information content (AvgIpc) is 3.43. The van der Waals surface area contributed by atoms with Crippen LogP contribution in [0.15, 0.2) is 72.1 Å². The summed E-state index contributed by atoms with van der Waals surface area (Å²) in [4.78, 5) is 31.8. The van der Waals surface area contributed by atoms with Crippen molar-refractivity contribution >= 4 is 23.2 Å². The van der Waals surface area contributed by atoms with E-state index in [0.717, 1.165) is 17.5 Å². The molecule has 0 fully saturated rings. The molecule has 0 aliphatic carbocycles. The van der Waals surface area contributed by atoms with Gasteiger partial charge in [0, 0.05) is 24.9 Å². The molecule has 8 heteroatoms. The van der Waals surface area contributed by atoms with Crippen LogP contribution in [0.1, 0.15) is 62.7 Å². The minimum atomic E-state index is -0.341. The van der Waals surface area contributed by atoms with E-state index in [1.807, 2.05) is 24.0 Å². The van der Waals surface area contributed by atoms with Crippen LogP contribution in [-0.4, -0.2) is 28.2 Å². The van der Waals surface area contributed by atoms with Crippen LogP contribution in [0.2, 0.25) is 0 Å². The molecule has 0 saturated carbocycles. The highest BCUT2D eigenvalue weighted by molar-refractivity contribution is 7.09. The Morgan fingerprint density at radius 2 is 1.95 bits per heavy atom. The van der Waals surface area contributed by atoms with Crippen LogP contribution in [0.4, 0.5) is 4.39 Å². The topological polar surface area (TPSA) is 71.5 Å². The van der Waals surface area contributed by atoms with E-state index in [2.05, 4.69) is 47.6 Å². The molecule has 2 amide bonds. The minimum absolute atomic E-state index is 0.128. The zero-order valence-corrected chi connectivity index (χ0v) is 22.8. The highest BCUT2D eigenvalue weighted by atomic mass is 32.1. The maximum atomic E-state index is 13.4. The Balaban J connectivity index is 1.29. The van der Waals surface area contributed by atoms with Crippen molar-refractivity contribution in [3.8, 4) is 5.75 Å². The molecule has 1 aliphatic heterocycles. The van der Waals surface area contributed by atoms with Gasteiger partial charge in [0.1, 0.15) is 28.9 Å². The number of carbonyl (C=O) groups excluding carboxylic acids is 2. The van der Waals surface area contributed by atoms with Gasteiger partial charge in [-0.2, -0.15) is 0 Å². The normalized spacial score (nSPS) is 14.5. The van der Waals surface area contributed by atoms with E-state index in [0.29, 0.717) is 35.0 Å². The predicted molar refractivity (Wildman–Crippen MR) is 149 cm³/mol. The molecule has 39 heavy (non-hydrogen) atoms. The van der Waals surface area contributed by atoms with Gasteiger partial charge in [0.25, 0.3) is 5.91 Å². The van der Waals surface area contributed by atoms with E-state index in [1.54, 1.807) is 17.5 Å². The Morgan fingerprint density at radius 1 is 1.13 bits per heavy atom. The van der Waals surface area contributed by atoms with E-state index in [-0.39, 0.29) is 36.8 Å². The second-order valence-electron chi connectivity index (χ2n) is 9.59. The summed E-state index contributed by atoms with van der Waals surface area (Å²) < 4.78 is 19.5. The van der Waals surface area contributed by atoms with Gasteiger partial charge < -0.3 is 15.0 Å². The lowest BCUT2D eigenvalue weighted by Crippen LogP contribution is -2.40. The molecule has 0 unspecified atom stereocenters. The third-order valence-electron chi connectivity index (χ3n) is 6.85. The first-order chi connectivity index (χ1) is 18.9. The molecule has 5 rings (SSSR count). The molecule has 6 nitrogen and oxygen atoms in total. The Kier molecular flexibility index (Phi) is 8.02. The number of nitrogens with one attached hydrogen (secondary N) is 1. The number of hydrogen-bond acceptors (Lipinski definition) is 5. The van der Waals surface area contributed by atoms with Crippen LogP contribution in [0.5, 0.6) is 5.75 Å². The first-order valence-electron chi connectivity index (χ1n) is 13.0. The van der Waals surface area contributed by atoms with Gasteiger partial charge in [0.2, 0.25) is 5.91 Å². The van der Waals surface area contributed by atoms with Crippen molar-refractivity contribution < 1.29 is 18.7 Å². The Bertz CT molecular complexity index is 1480. The van der Waals surface area contributed by atoms with E-state index in [1.165, 1.54) is 34.6 Å². The zero-order chi connectivity index (χ0) is 27.4. The molecule has 0 bridgehead atoms. The van der Waals surface area contributed by atoms with Crippen LogP contribution in [0, 0.1) is 12.7 Å². The van der Waals surface area contributed by atoms with Crippen LogP contribution in [0.3, 0.4) is 0 Å². The lowest BCUT2D eigenvalue weighted by Gasteiger charge is -2.38. The number of amides is 2. The van der Waals surface area contributed by atoms with Gasteiger partial charge in [0.15, 0.2) is 0 Å². The third-order valence-corrected chi connectivity index (χ3v) is 7.67. The number of nitrogens with zero attached hydrogens (tertiary/aromatic N) is 2. The average molecular weight is 544 g/mol. The van der Waals surface area contributed by atoms with Gasteiger partial charge in [0.05, 0.1) is 6.04 Å². The molecular weight excluding hydrogens is 513 g/mol. The predicted octanol–water partition coefficient (Wildman–Crippen LogP) is 5.98. The number of ether oxygens (including phenoxy) is 1. The number of halogens is 1. The van der Waals surface area contributed by atoms with Gasteiger partial charge >= 0.3 is 0 Å². The SMILES string of the molecule is CCC(=O)N1CCc2ccc(OCc3nc(C(=O)NCc4cccc(F)c4)cs3)cc2[C@@H]1c1ccc(C)cc1. The molecular formula is C31H30FN3O3S. The van der Waals surface area contributed by atoms with Crippen LogP contribution < -0.4 is 10.1 Å². The van der Waals surface area contributed by atoms with Gasteiger partial charge in [-0.3, -0.25) is 9.59 Å². The highest BCUT2D eigenvalue weighted by Gasteiger charge is 2.31. The minimum Gasteiger partial charge on any atom is -0.486 e. The summed E-state index contributed by atoms with van der Waals surface area (Å²) in [6.45, 7) is 5.06. The van der Waals surface area contributed by atoms with Crippen LogP contribution in [0.25, 0.3) is 0 Å². The summed E-state index contributed by atoms with van der Waals surface area (Å²) in [6.07, 6.45) is 1.25. The van der Waals surface area contributed by atoms with Crippen molar-refractivity contribution in [1.82, 2.24) is 15.2 Å². The fourth-order valence-electron chi connectivity index (χ4n) is 4.81. The summed E-state index contributed by atoms with van der Waals surface area (Å²) in [7, 11) is 0. The van der Waals surface area contributed by atoms with Crippen molar-refractivity contribution in [2.45, 2.75) is 45.9 Å². The van der Waals surface area contributed by atoms with Crippen molar-refractivity contribution in [3.63, 3.8) is 0 Å². The molecule has 1 aromatic heterocycles. The molecule has 0 radical (unpaired) electrons. The lowest BCUT2D eigenvalue weighted by molar-refractivity contribution is -0.132. The molecule has 200 valence electrons. The maximum absolute atomic E-state index is 13.4. The Hall–Kier alpha value is -4.04. The zero-order valence-electron chi connectivity index (χ0n) is 21.9. The standard InChI is InChI=1S/C31H30FN3O3S/c1-3-29(36)35-14-13-22-11-12-25(16-26(22)30(35)23-9-7-20(2)8-10-23)38-18-28-34-27(19-39-28)31(37)33-17-21-5-4-6-24(32)15-21/h4-12,15-16,19,30H,3,13-14,17-18H2,1-2H3,(H,33,37)/t30-/m0/s1. The van der Waals surface area contributed by atoms with Crippen molar-refractivity contribution in [2.75, 3.05) is 6.54 Å². The Labute approximate surface area is 231 Å². The lowest BCUT2D eigenvalue weighted by atomic mass is 9.87.